The van der Waals surface area contributed by atoms with E-state index in [-0.39, 0.29) is 0 Å². The zero-order valence-electron chi connectivity index (χ0n) is 9.48. The smallest absolute Gasteiger partial charge is 0.273 e. The molecule has 0 aliphatic heterocycles. The van der Waals surface area contributed by atoms with Gasteiger partial charge in [-0.3, -0.25) is 4.79 Å². The van der Waals surface area contributed by atoms with Crippen LogP contribution in [0.4, 0.5) is 0 Å². The fourth-order valence-electron chi connectivity index (χ4n) is 1.37. The van der Waals surface area contributed by atoms with Gasteiger partial charge in [0.05, 0.1) is 6.21 Å². The molecule has 0 radical (unpaired) electrons. The Kier molecular flexibility index (Phi) is 4.22. The Morgan fingerprint density at radius 1 is 1.28 bits per heavy atom. The van der Waals surface area contributed by atoms with Gasteiger partial charge < -0.3 is 5.11 Å². The number of hydrazone groups is 1. The third-order valence-corrected chi connectivity index (χ3v) is 3.08. The lowest BCUT2D eigenvalue weighted by Crippen LogP contribution is -2.25. The van der Waals surface area contributed by atoms with Crippen LogP contribution in [0.5, 0.6) is 0 Å². The first-order chi connectivity index (χ1) is 8.77. The SMILES string of the molecule is O=C(NN=Cc1cccs1)[C@H](O)c1ccccc1. The number of nitrogens with zero attached hydrogens (tertiary/aromatic N) is 1. The minimum atomic E-state index is -1.20. The summed E-state index contributed by atoms with van der Waals surface area (Å²) in [6.45, 7) is 0. The summed E-state index contributed by atoms with van der Waals surface area (Å²) in [5, 5.41) is 15.5. The van der Waals surface area contributed by atoms with Crippen LogP contribution in [0, 0.1) is 0 Å². The van der Waals surface area contributed by atoms with Crippen molar-refractivity contribution in [1.29, 1.82) is 0 Å². The Morgan fingerprint density at radius 3 is 2.72 bits per heavy atom. The number of rotatable bonds is 4. The lowest BCUT2D eigenvalue weighted by Gasteiger charge is -2.08. The van der Waals surface area contributed by atoms with Crippen LogP contribution in [-0.4, -0.2) is 17.2 Å². The third kappa shape index (κ3) is 3.26. The molecule has 1 atom stereocenters. The van der Waals surface area contributed by atoms with E-state index in [0.29, 0.717) is 5.56 Å². The normalized spacial score (nSPS) is 12.5. The molecule has 0 fully saturated rings. The molecule has 1 amide bonds. The van der Waals surface area contributed by atoms with Gasteiger partial charge in [0.15, 0.2) is 6.10 Å². The van der Waals surface area contributed by atoms with Crippen molar-refractivity contribution in [2.24, 2.45) is 5.10 Å². The maximum absolute atomic E-state index is 11.6. The minimum Gasteiger partial charge on any atom is -0.378 e. The molecule has 0 bridgehead atoms. The van der Waals surface area contributed by atoms with E-state index in [2.05, 4.69) is 10.5 Å². The number of aliphatic hydroxyl groups excluding tert-OH is 1. The molecule has 1 aromatic carbocycles. The minimum absolute atomic E-state index is 0.543. The van der Waals surface area contributed by atoms with Crippen molar-refractivity contribution in [3.63, 3.8) is 0 Å². The third-order valence-electron chi connectivity index (χ3n) is 2.27. The molecule has 0 saturated heterocycles. The van der Waals surface area contributed by atoms with Crippen molar-refractivity contribution in [3.8, 4) is 0 Å². The number of hydrogen-bond acceptors (Lipinski definition) is 4. The number of carbonyl (C=O) groups is 1. The summed E-state index contributed by atoms with van der Waals surface area (Å²) >= 11 is 1.52. The lowest BCUT2D eigenvalue weighted by atomic mass is 10.1. The van der Waals surface area contributed by atoms with E-state index in [4.69, 9.17) is 0 Å². The second-order valence-electron chi connectivity index (χ2n) is 3.56. The molecule has 0 aliphatic carbocycles. The zero-order chi connectivity index (χ0) is 12.8. The van der Waals surface area contributed by atoms with Crippen LogP contribution in [0.1, 0.15) is 16.5 Å². The fraction of sp³-hybridized carbons (Fsp3) is 0.0769. The van der Waals surface area contributed by atoms with Crippen molar-refractivity contribution in [3.05, 3.63) is 58.3 Å². The maximum Gasteiger partial charge on any atom is 0.273 e. The zero-order valence-corrected chi connectivity index (χ0v) is 10.3. The summed E-state index contributed by atoms with van der Waals surface area (Å²) in [6.07, 6.45) is 0.340. The highest BCUT2D eigenvalue weighted by atomic mass is 32.1. The van der Waals surface area contributed by atoms with E-state index in [9.17, 15) is 9.90 Å². The summed E-state index contributed by atoms with van der Waals surface area (Å²) in [5.74, 6) is -0.547. The van der Waals surface area contributed by atoms with E-state index in [1.54, 1.807) is 30.5 Å². The molecule has 92 valence electrons. The van der Waals surface area contributed by atoms with Gasteiger partial charge in [-0.1, -0.05) is 36.4 Å². The number of amides is 1. The molecule has 0 saturated carbocycles. The second kappa shape index (κ2) is 6.09. The molecule has 1 heterocycles. The molecule has 0 aliphatic rings. The van der Waals surface area contributed by atoms with Crippen molar-refractivity contribution in [2.45, 2.75) is 6.10 Å². The van der Waals surface area contributed by atoms with Gasteiger partial charge >= 0.3 is 0 Å². The summed E-state index contributed by atoms with van der Waals surface area (Å²) in [7, 11) is 0. The lowest BCUT2D eigenvalue weighted by molar-refractivity contribution is -0.129. The van der Waals surface area contributed by atoms with Gasteiger partial charge in [-0.2, -0.15) is 5.10 Å². The highest BCUT2D eigenvalue weighted by molar-refractivity contribution is 7.11. The van der Waals surface area contributed by atoms with Gasteiger partial charge in [-0.15, -0.1) is 11.3 Å². The Morgan fingerprint density at radius 2 is 2.06 bits per heavy atom. The van der Waals surface area contributed by atoms with Crippen LogP contribution in [0.15, 0.2) is 52.9 Å². The summed E-state index contributed by atoms with van der Waals surface area (Å²) in [6, 6.07) is 12.5. The second-order valence-corrected chi connectivity index (χ2v) is 4.54. The van der Waals surface area contributed by atoms with Gasteiger partial charge in [0.25, 0.3) is 5.91 Å². The highest BCUT2D eigenvalue weighted by Crippen LogP contribution is 2.11. The van der Waals surface area contributed by atoms with E-state index < -0.39 is 12.0 Å². The topological polar surface area (TPSA) is 61.7 Å². The van der Waals surface area contributed by atoms with Gasteiger partial charge in [0, 0.05) is 4.88 Å². The van der Waals surface area contributed by atoms with E-state index in [0.717, 1.165) is 4.88 Å². The molecular weight excluding hydrogens is 248 g/mol. The van der Waals surface area contributed by atoms with E-state index in [1.807, 2.05) is 23.6 Å². The molecular formula is C13H12N2O2S. The van der Waals surface area contributed by atoms with Crippen molar-refractivity contribution in [1.82, 2.24) is 5.43 Å². The quantitative estimate of drug-likeness (QED) is 0.652. The van der Waals surface area contributed by atoms with E-state index in [1.165, 1.54) is 11.3 Å². The molecule has 4 nitrogen and oxygen atoms in total. The molecule has 0 unspecified atom stereocenters. The van der Waals surface area contributed by atoms with Crippen LogP contribution >= 0.6 is 11.3 Å². The summed E-state index contributed by atoms with van der Waals surface area (Å²) in [5.41, 5.74) is 2.85. The van der Waals surface area contributed by atoms with Crippen LogP contribution in [0.2, 0.25) is 0 Å². The predicted octanol–water partition coefficient (Wildman–Crippen LogP) is 1.93. The summed E-state index contributed by atoms with van der Waals surface area (Å²) in [4.78, 5) is 12.5. The Labute approximate surface area is 109 Å². The maximum atomic E-state index is 11.6. The van der Waals surface area contributed by atoms with Gasteiger partial charge in [0.1, 0.15) is 0 Å². The Balaban J connectivity index is 1.92. The first-order valence-corrected chi connectivity index (χ1v) is 6.25. The predicted molar refractivity (Wildman–Crippen MR) is 71.5 cm³/mol. The standard InChI is InChI=1S/C13H12N2O2S/c16-12(10-5-2-1-3-6-10)13(17)15-14-9-11-7-4-8-18-11/h1-9,12,16H,(H,15,17)/t12-/m1/s1. The number of hydrogen-bond donors (Lipinski definition) is 2. The van der Waals surface area contributed by atoms with Crippen molar-refractivity contribution >= 4 is 23.5 Å². The number of carbonyl (C=O) groups excluding carboxylic acids is 1. The number of benzene rings is 1. The molecule has 0 spiro atoms. The largest absolute Gasteiger partial charge is 0.378 e. The average Bonchev–Trinajstić information content (AvgIpc) is 2.92. The monoisotopic (exact) mass is 260 g/mol. The molecule has 18 heavy (non-hydrogen) atoms. The first-order valence-electron chi connectivity index (χ1n) is 5.37. The van der Waals surface area contributed by atoms with E-state index >= 15 is 0 Å². The van der Waals surface area contributed by atoms with Gasteiger partial charge in [0.2, 0.25) is 0 Å². The van der Waals surface area contributed by atoms with Crippen LogP contribution in [0.25, 0.3) is 0 Å². The van der Waals surface area contributed by atoms with Crippen molar-refractivity contribution < 1.29 is 9.90 Å². The average molecular weight is 260 g/mol. The van der Waals surface area contributed by atoms with Crippen LogP contribution < -0.4 is 5.43 Å². The highest BCUT2D eigenvalue weighted by Gasteiger charge is 2.15. The molecule has 5 heteroatoms. The van der Waals surface area contributed by atoms with Crippen LogP contribution in [0.3, 0.4) is 0 Å². The Bertz CT molecular complexity index is 523. The first kappa shape index (κ1) is 12.5. The summed E-state index contributed by atoms with van der Waals surface area (Å²) < 4.78 is 0. The van der Waals surface area contributed by atoms with Gasteiger partial charge in [-0.25, -0.2) is 5.43 Å². The number of thiophene rings is 1. The van der Waals surface area contributed by atoms with Crippen molar-refractivity contribution in [2.75, 3.05) is 0 Å². The molecule has 2 N–H and O–H groups in total. The van der Waals surface area contributed by atoms with Crippen LogP contribution in [-0.2, 0) is 4.79 Å². The molecule has 1 aromatic heterocycles. The molecule has 2 aromatic rings. The van der Waals surface area contributed by atoms with Gasteiger partial charge in [-0.05, 0) is 17.0 Å². The fourth-order valence-corrected chi connectivity index (χ4v) is 1.96. The number of nitrogens with one attached hydrogen (secondary N) is 1. The number of aliphatic hydroxyl groups is 1. The Hall–Kier alpha value is -1.98. The molecule has 2 rings (SSSR count).